The minimum absolute atomic E-state index is 0.252. The molecule has 2 N–H and O–H groups in total. The zero-order chi connectivity index (χ0) is 19.9. The number of hydrogen-bond donors (Lipinski definition) is 2. The number of likely N-dealkylation sites (N-methyl/N-ethyl adjacent to an activating group) is 1. The Bertz CT molecular complexity index is 879. The van der Waals surface area contributed by atoms with Gasteiger partial charge in [-0.15, -0.1) is 0 Å². The van der Waals surface area contributed by atoms with Gasteiger partial charge < -0.3 is 15.3 Å². The molecule has 0 aromatic heterocycles. The van der Waals surface area contributed by atoms with Crippen LogP contribution in [0.5, 0.6) is 0 Å². The highest BCUT2D eigenvalue weighted by molar-refractivity contribution is 5.89. The molecule has 28 heavy (non-hydrogen) atoms. The van der Waals surface area contributed by atoms with Crippen molar-refractivity contribution in [2.24, 2.45) is 0 Å². The van der Waals surface area contributed by atoms with Crippen LogP contribution in [-0.2, 0) is 6.42 Å². The van der Waals surface area contributed by atoms with Crippen molar-refractivity contribution >= 4 is 11.7 Å². The van der Waals surface area contributed by atoms with E-state index >= 15 is 0 Å². The topological polar surface area (TPSA) is 52.6 Å². The third-order valence-electron chi connectivity index (χ3n) is 4.99. The van der Waals surface area contributed by atoms with E-state index in [4.69, 9.17) is 0 Å². The van der Waals surface area contributed by atoms with Crippen LogP contribution in [0.2, 0.25) is 0 Å². The van der Waals surface area contributed by atoms with Gasteiger partial charge in [0.2, 0.25) is 0 Å². The van der Waals surface area contributed by atoms with E-state index in [0.29, 0.717) is 0 Å². The van der Waals surface area contributed by atoms with Gasteiger partial charge in [0.15, 0.2) is 0 Å². The smallest absolute Gasteiger partial charge is 0.321 e. The summed E-state index contributed by atoms with van der Waals surface area (Å²) >= 11 is 0. The number of nitrogens with one attached hydrogen (secondary N) is 1. The number of aliphatic hydroxyl groups excluding tert-OH is 1. The number of benzene rings is 3. The van der Waals surface area contributed by atoms with Crippen molar-refractivity contribution in [1.29, 1.82) is 0 Å². The molecule has 0 aliphatic carbocycles. The summed E-state index contributed by atoms with van der Waals surface area (Å²) in [4.78, 5) is 14.1. The minimum atomic E-state index is -0.745. The predicted molar refractivity (Wildman–Crippen MR) is 113 cm³/mol. The van der Waals surface area contributed by atoms with Crippen LogP contribution in [0.15, 0.2) is 84.9 Å². The highest BCUT2D eigenvalue weighted by atomic mass is 16.3. The second-order valence-corrected chi connectivity index (χ2v) is 7.00. The average molecular weight is 374 g/mol. The minimum Gasteiger partial charge on any atom is -0.386 e. The number of urea groups is 1. The lowest BCUT2D eigenvalue weighted by Crippen LogP contribution is -2.41. The van der Waals surface area contributed by atoms with E-state index in [9.17, 15) is 9.90 Å². The average Bonchev–Trinajstić information content (AvgIpc) is 2.75. The van der Waals surface area contributed by atoms with Crippen LogP contribution in [0.3, 0.4) is 0 Å². The van der Waals surface area contributed by atoms with E-state index in [0.717, 1.165) is 17.7 Å². The van der Waals surface area contributed by atoms with Crippen molar-refractivity contribution in [3.8, 4) is 0 Å². The largest absolute Gasteiger partial charge is 0.386 e. The van der Waals surface area contributed by atoms with Crippen LogP contribution < -0.4 is 5.32 Å². The molecular weight excluding hydrogens is 348 g/mol. The summed E-state index contributed by atoms with van der Waals surface area (Å²) in [5.74, 6) is 0. The van der Waals surface area contributed by atoms with Gasteiger partial charge in [0.25, 0.3) is 0 Å². The molecule has 4 nitrogen and oxygen atoms in total. The highest BCUT2D eigenvalue weighted by Crippen LogP contribution is 2.21. The van der Waals surface area contributed by atoms with Gasteiger partial charge in [-0.25, -0.2) is 4.79 Å². The van der Waals surface area contributed by atoms with Crippen molar-refractivity contribution in [3.63, 3.8) is 0 Å². The molecule has 2 amide bonds. The standard InChI is InChI=1S/C24H26N2O2/c1-18(23(27)21-11-7-4-8-12-21)26(2)24(28)25-22-15-13-20(14-16-22)17-19-9-5-3-6-10-19/h3-16,18,23,27H,17H2,1-2H3,(H,25,28)/t18-,23-/m1/s1. The van der Waals surface area contributed by atoms with Crippen molar-refractivity contribution in [1.82, 2.24) is 4.90 Å². The molecule has 3 aromatic rings. The zero-order valence-corrected chi connectivity index (χ0v) is 16.2. The number of hydrogen-bond acceptors (Lipinski definition) is 2. The van der Waals surface area contributed by atoms with Gasteiger partial charge >= 0.3 is 6.03 Å². The lowest BCUT2D eigenvalue weighted by molar-refractivity contribution is 0.0894. The maximum atomic E-state index is 12.6. The van der Waals surface area contributed by atoms with Gasteiger partial charge in [0.05, 0.1) is 12.1 Å². The quantitative estimate of drug-likeness (QED) is 0.647. The molecule has 0 aliphatic rings. The van der Waals surface area contributed by atoms with Gasteiger partial charge in [0.1, 0.15) is 0 Å². The number of aliphatic hydroxyl groups is 1. The molecule has 0 heterocycles. The van der Waals surface area contributed by atoms with E-state index in [2.05, 4.69) is 17.4 Å². The molecule has 0 fully saturated rings. The molecule has 0 saturated carbocycles. The molecule has 2 atom stereocenters. The lowest BCUT2D eigenvalue weighted by atomic mass is 10.0. The summed E-state index contributed by atoms with van der Waals surface area (Å²) in [5, 5.41) is 13.4. The summed E-state index contributed by atoms with van der Waals surface area (Å²) < 4.78 is 0. The maximum Gasteiger partial charge on any atom is 0.321 e. The van der Waals surface area contributed by atoms with Gasteiger partial charge in [-0.2, -0.15) is 0 Å². The number of anilines is 1. The van der Waals surface area contributed by atoms with Crippen LogP contribution in [0.1, 0.15) is 29.7 Å². The Morgan fingerprint density at radius 2 is 1.43 bits per heavy atom. The van der Waals surface area contributed by atoms with Crippen LogP contribution >= 0.6 is 0 Å². The first-order valence-corrected chi connectivity index (χ1v) is 9.44. The molecule has 0 radical (unpaired) electrons. The van der Waals surface area contributed by atoms with E-state index in [1.165, 1.54) is 16.0 Å². The number of carbonyl (C=O) groups excluding carboxylic acids is 1. The summed E-state index contributed by atoms with van der Waals surface area (Å²) in [5.41, 5.74) is 3.96. The van der Waals surface area contributed by atoms with Crippen molar-refractivity contribution in [2.45, 2.75) is 25.5 Å². The van der Waals surface area contributed by atoms with Gasteiger partial charge in [-0.3, -0.25) is 0 Å². The first-order valence-electron chi connectivity index (χ1n) is 9.44. The fraction of sp³-hybridized carbons (Fsp3) is 0.208. The number of rotatable bonds is 6. The molecule has 3 rings (SSSR count). The zero-order valence-electron chi connectivity index (χ0n) is 16.2. The van der Waals surface area contributed by atoms with Crippen LogP contribution in [0.4, 0.5) is 10.5 Å². The summed E-state index contributed by atoms with van der Waals surface area (Å²) in [6.07, 6.45) is 0.111. The van der Waals surface area contributed by atoms with Gasteiger partial charge in [0, 0.05) is 12.7 Å². The van der Waals surface area contributed by atoms with E-state index < -0.39 is 6.10 Å². The molecule has 0 bridgehead atoms. The van der Waals surface area contributed by atoms with Crippen LogP contribution in [-0.4, -0.2) is 29.1 Å². The van der Waals surface area contributed by atoms with Gasteiger partial charge in [-0.1, -0.05) is 72.8 Å². The third-order valence-corrected chi connectivity index (χ3v) is 4.99. The number of amides is 2. The monoisotopic (exact) mass is 374 g/mol. The van der Waals surface area contributed by atoms with Gasteiger partial charge in [-0.05, 0) is 42.2 Å². The molecule has 3 aromatic carbocycles. The first kappa shape index (κ1) is 19.6. The fourth-order valence-corrected chi connectivity index (χ4v) is 3.07. The van der Waals surface area contributed by atoms with Crippen molar-refractivity contribution < 1.29 is 9.90 Å². The van der Waals surface area contributed by atoms with Crippen molar-refractivity contribution in [3.05, 3.63) is 102 Å². The maximum absolute atomic E-state index is 12.6. The van der Waals surface area contributed by atoms with Crippen LogP contribution in [0, 0.1) is 0 Å². The Labute approximate surface area is 166 Å². The highest BCUT2D eigenvalue weighted by Gasteiger charge is 2.24. The predicted octanol–water partition coefficient (Wildman–Crippen LogP) is 4.86. The molecule has 144 valence electrons. The first-order chi connectivity index (χ1) is 13.5. The van der Waals surface area contributed by atoms with E-state index in [-0.39, 0.29) is 12.1 Å². The molecule has 0 spiro atoms. The number of carbonyl (C=O) groups is 1. The normalized spacial score (nSPS) is 12.8. The lowest BCUT2D eigenvalue weighted by Gasteiger charge is -2.29. The molecule has 0 saturated heterocycles. The second-order valence-electron chi connectivity index (χ2n) is 7.00. The second kappa shape index (κ2) is 9.20. The van der Waals surface area contributed by atoms with Crippen molar-refractivity contribution in [2.75, 3.05) is 12.4 Å². The van der Waals surface area contributed by atoms with E-state index in [1.54, 1.807) is 7.05 Å². The van der Waals surface area contributed by atoms with Crippen LogP contribution in [0.25, 0.3) is 0 Å². The summed E-state index contributed by atoms with van der Waals surface area (Å²) in [6.45, 7) is 1.83. The third kappa shape index (κ3) is 4.99. The Hall–Kier alpha value is -3.11. The molecule has 0 unspecified atom stereocenters. The fourth-order valence-electron chi connectivity index (χ4n) is 3.07. The molecule has 4 heteroatoms. The summed E-state index contributed by atoms with van der Waals surface area (Å²) in [6, 6.07) is 26.9. The Kier molecular flexibility index (Phi) is 6.45. The molecule has 0 aliphatic heterocycles. The Morgan fingerprint density at radius 3 is 2.04 bits per heavy atom. The number of nitrogens with zero attached hydrogens (tertiary/aromatic N) is 1. The molecular formula is C24H26N2O2. The SMILES string of the molecule is C[C@H]([C@@H](O)c1ccccc1)N(C)C(=O)Nc1ccc(Cc2ccccc2)cc1. The summed E-state index contributed by atoms with van der Waals surface area (Å²) in [7, 11) is 1.69. The Morgan fingerprint density at radius 1 is 0.893 bits per heavy atom. The Balaban J connectivity index is 1.59. The van der Waals surface area contributed by atoms with E-state index in [1.807, 2.05) is 79.7 Å².